The molecule has 1 aromatic carbocycles. The summed E-state index contributed by atoms with van der Waals surface area (Å²) in [6.07, 6.45) is 2.60. The molecule has 0 unspecified atom stereocenters. The molecule has 0 spiro atoms. The average molecular weight is 299 g/mol. The van der Waals surface area contributed by atoms with E-state index in [4.69, 9.17) is 11.6 Å². The second-order valence-electron chi connectivity index (χ2n) is 5.15. The molecule has 0 radical (unpaired) electrons. The highest BCUT2D eigenvalue weighted by atomic mass is 35.5. The van der Waals surface area contributed by atoms with Gasteiger partial charge in [-0.3, -0.25) is 0 Å². The van der Waals surface area contributed by atoms with E-state index in [1.807, 2.05) is 23.9 Å². The van der Waals surface area contributed by atoms with Gasteiger partial charge in [0.25, 0.3) is 0 Å². The van der Waals surface area contributed by atoms with Crippen molar-refractivity contribution in [3.8, 4) is 0 Å². The zero-order valence-electron chi connectivity index (χ0n) is 11.6. The van der Waals surface area contributed by atoms with Crippen molar-refractivity contribution in [1.82, 2.24) is 9.80 Å². The van der Waals surface area contributed by atoms with E-state index in [1.54, 1.807) is 0 Å². The number of halogens is 1. The first kappa shape index (κ1) is 15.2. The maximum Gasteiger partial charge on any atom is 0.0406 e. The Morgan fingerprint density at radius 3 is 2.42 bits per heavy atom. The Bertz CT molecular complexity index is 361. The first-order chi connectivity index (χ1) is 9.24. The fraction of sp³-hybridized carbons (Fsp3) is 0.600. The third-order valence-corrected chi connectivity index (χ3v) is 4.90. The van der Waals surface area contributed by atoms with Gasteiger partial charge in [-0.25, -0.2) is 0 Å². The smallest absolute Gasteiger partial charge is 0.0406 e. The minimum atomic E-state index is 0.819. The third kappa shape index (κ3) is 5.74. The highest BCUT2D eigenvalue weighted by Crippen LogP contribution is 2.21. The minimum Gasteiger partial charge on any atom is -0.304 e. The topological polar surface area (TPSA) is 6.48 Å². The third-order valence-electron chi connectivity index (χ3n) is 3.55. The maximum absolute atomic E-state index is 5.87. The molecule has 106 valence electrons. The van der Waals surface area contributed by atoms with E-state index >= 15 is 0 Å². The Balaban J connectivity index is 1.53. The van der Waals surface area contributed by atoms with Crippen LogP contribution in [0.2, 0.25) is 5.02 Å². The lowest BCUT2D eigenvalue weighted by atomic mass is 10.2. The van der Waals surface area contributed by atoms with Gasteiger partial charge in [-0.2, -0.15) is 0 Å². The molecule has 2 rings (SSSR count). The molecule has 1 aromatic rings. The van der Waals surface area contributed by atoms with Crippen molar-refractivity contribution < 1.29 is 0 Å². The van der Waals surface area contributed by atoms with Gasteiger partial charge in [-0.15, -0.1) is 11.8 Å². The lowest BCUT2D eigenvalue weighted by Crippen LogP contribution is -2.44. The van der Waals surface area contributed by atoms with Gasteiger partial charge in [0, 0.05) is 36.1 Å². The Labute approximate surface area is 126 Å². The molecule has 0 aromatic heterocycles. The highest BCUT2D eigenvalue weighted by Gasteiger charge is 2.12. The molecule has 2 nitrogen and oxygen atoms in total. The predicted octanol–water partition coefficient (Wildman–Crippen LogP) is 3.46. The molecular weight excluding hydrogens is 276 g/mol. The van der Waals surface area contributed by atoms with E-state index < -0.39 is 0 Å². The number of thioether (sulfide) groups is 1. The average Bonchev–Trinajstić information content (AvgIpc) is 2.43. The first-order valence-corrected chi connectivity index (χ1v) is 8.40. The number of rotatable bonds is 6. The molecule has 0 atom stereocenters. The summed E-state index contributed by atoms with van der Waals surface area (Å²) < 4.78 is 0. The second-order valence-corrected chi connectivity index (χ2v) is 6.76. The van der Waals surface area contributed by atoms with Gasteiger partial charge in [-0.1, -0.05) is 11.6 Å². The lowest BCUT2D eigenvalue weighted by Gasteiger charge is -2.32. The number of hydrogen-bond donors (Lipinski definition) is 0. The number of unbranched alkanes of at least 4 members (excludes halogenated alkanes) is 1. The molecule has 0 amide bonds. The highest BCUT2D eigenvalue weighted by molar-refractivity contribution is 7.99. The van der Waals surface area contributed by atoms with Crippen molar-refractivity contribution in [2.24, 2.45) is 0 Å². The summed E-state index contributed by atoms with van der Waals surface area (Å²) in [6.45, 7) is 6.18. The van der Waals surface area contributed by atoms with Crippen molar-refractivity contribution in [2.45, 2.75) is 17.7 Å². The summed E-state index contributed by atoms with van der Waals surface area (Å²) >= 11 is 7.80. The normalized spacial score (nSPS) is 17.8. The monoisotopic (exact) mass is 298 g/mol. The molecule has 1 aliphatic rings. The van der Waals surface area contributed by atoms with Crippen LogP contribution in [0.5, 0.6) is 0 Å². The zero-order valence-corrected chi connectivity index (χ0v) is 13.2. The lowest BCUT2D eigenvalue weighted by molar-refractivity contribution is 0.153. The van der Waals surface area contributed by atoms with E-state index in [2.05, 4.69) is 29.0 Å². The summed E-state index contributed by atoms with van der Waals surface area (Å²) in [5.74, 6) is 1.20. The zero-order chi connectivity index (χ0) is 13.5. The molecule has 0 saturated carbocycles. The van der Waals surface area contributed by atoms with Crippen LogP contribution >= 0.6 is 23.4 Å². The molecule has 1 heterocycles. The molecule has 19 heavy (non-hydrogen) atoms. The Morgan fingerprint density at radius 2 is 1.74 bits per heavy atom. The largest absolute Gasteiger partial charge is 0.304 e. The van der Waals surface area contributed by atoms with Gasteiger partial charge in [0.1, 0.15) is 0 Å². The fourth-order valence-corrected chi connectivity index (χ4v) is 3.27. The van der Waals surface area contributed by atoms with E-state index in [0.717, 1.165) is 5.02 Å². The number of piperazine rings is 1. The fourth-order valence-electron chi connectivity index (χ4n) is 2.23. The molecule has 1 aliphatic heterocycles. The van der Waals surface area contributed by atoms with Gasteiger partial charge in [-0.05, 0) is 56.5 Å². The summed E-state index contributed by atoms with van der Waals surface area (Å²) in [6, 6.07) is 8.14. The SMILES string of the molecule is CN1CCN(CCCCSc2ccc(Cl)cc2)CC1. The van der Waals surface area contributed by atoms with Crippen molar-refractivity contribution in [3.05, 3.63) is 29.3 Å². The van der Waals surface area contributed by atoms with E-state index in [0.29, 0.717) is 0 Å². The van der Waals surface area contributed by atoms with Crippen LogP contribution in [-0.2, 0) is 0 Å². The summed E-state index contributed by atoms with van der Waals surface area (Å²) in [5.41, 5.74) is 0. The number of benzene rings is 1. The van der Waals surface area contributed by atoms with Gasteiger partial charge < -0.3 is 9.80 Å². The van der Waals surface area contributed by atoms with Crippen molar-refractivity contribution in [1.29, 1.82) is 0 Å². The summed E-state index contributed by atoms with van der Waals surface area (Å²) in [4.78, 5) is 6.32. The van der Waals surface area contributed by atoms with E-state index in [9.17, 15) is 0 Å². The van der Waals surface area contributed by atoms with Gasteiger partial charge in [0.05, 0.1) is 0 Å². The summed E-state index contributed by atoms with van der Waals surface area (Å²) in [7, 11) is 2.21. The number of hydrogen-bond acceptors (Lipinski definition) is 3. The Hall–Kier alpha value is -0.220. The van der Waals surface area contributed by atoms with Gasteiger partial charge in [0.15, 0.2) is 0 Å². The van der Waals surface area contributed by atoms with Crippen LogP contribution < -0.4 is 0 Å². The predicted molar refractivity (Wildman–Crippen MR) is 85.3 cm³/mol. The molecule has 0 aliphatic carbocycles. The number of likely N-dealkylation sites (N-methyl/N-ethyl adjacent to an activating group) is 1. The van der Waals surface area contributed by atoms with Crippen LogP contribution in [0.1, 0.15) is 12.8 Å². The van der Waals surface area contributed by atoms with E-state index in [-0.39, 0.29) is 0 Å². The van der Waals surface area contributed by atoms with Crippen molar-refractivity contribution >= 4 is 23.4 Å². The van der Waals surface area contributed by atoms with Crippen LogP contribution in [0.15, 0.2) is 29.2 Å². The van der Waals surface area contributed by atoms with Crippen molar-refractivity contribution in [3.63, 3.8) is 0 Å². The Kier molecular flexibility index (Phi) is 6.51. The van der Waals surface area contributed by atoms with Crippen LogP contribution in [0.4, 0.5) is 0 Å². The van der Waals surface area contributed by atoms with Crippen molar-refractivity contribution in [2.75, 3.05) is 45.5 Å². The minimum absolute atomic E-state index is 0.819. The molecule has 0 bridgehead atoms. The maximum atomic E-state index is 5.87. The summed E-state index contributed by atoms with van der Waals surface area (Å²) in [5, 5.41) is 0.819. The molecular formula is C15H23ClN2S. The molecule has 1 saturated heterocycles. The molecule has 4 heteroatoms. The van der Waals surface area contributed by atoms with E-state index in [1.165, 1.54) is 56.2 Å². The van der Waals surface area contributed by atoms with Crippen LogP contribution in [0.3, 0.4) is 0 Å². The van der Waals surface area contributed by atoms with Crippen LogP contribution in [0, 0.1) is 0 Å². The van der Waals surface area contributed by atoms with Crippen LogP contribution in [-0.4, -0.2) is 55.3 Å². The standard InChI is InChI=1S/C15H23ClN2S/c1-17-9-11-18(12-10-17)8-2-3-13-19-15-6-4-14(16)5-7-15/h4-7H,2-3,8-13H2,1H3. The van der Waals surface area contributed by atoms with Crippen LogP contribution in [0.25, 0.3) is 0 Å². The first-order valence-electron chi connectivity index (χ1n) is 7.03. The molecule has 0 N–H and O–H groups in total. The van der Waals surface area contributed by atoms with Gasteiger partial charge >= 0.3 is 0 Å². The van der Waals surface area contributed by atoms with Gasteiger partial charge in [0.2, 0.25) is 0 Å². The number of nitrogens with zero attached hydrogens (tertiary/aromatic N) is 2. The molecule has 1 fully saturated rings. The second kappa shape index (κ2) is 8.15. The Morgan fingerprint density at radius 1 is 1.05 bits per heavy atom. The quantitative estimate of drug-likeness (QED) is 0.587.